The van der Waals surface area contributed by atoms with Crippen molar-refractivity contribution in [1.82, 2.24) is 0 Å². The molecule has 2 aliphatic rings. The standard InChI is InChI=1S/C11H15F3O5S/c1-9(2)17-7-10(19-9)6-4-3-5-8(10)18-20(15,16)11(12,13)14/h5H,3-4,6-7H2,1-2H3/t10-/m0/s1. The smallest absolute Gasteiger partial charge is 0.378 e. The van der Waals surface area contributed by atoms with Gasteiger partial charge in [0.1, 0.15) is 5.76 Å². The topological polar surface area (TPSA) is 61.8 Å². The van der Waals surface area contributed by atoms with Crippen LogP contribution in [0.1, 0.15) is 33.1 Å². The normalized spacial score (nSPS) is 30.4. The second kappa shape index (κ2) is 4.60. The van der Waals surface area contributed by atoms with Gasteiger partial charge >= 0.3 is 15.6 Å². The number of hydrogen-bond donors (Lipinski definition) is 0. The van der Waals surface area contributed by atoms with Gasteiger partial charge in [0.25, 0.3) is 0 Å². The molecule has 0 N–H and O–H groups in total. The van der Waals surface area contributed by atoms with E-state index in [1.165, 1.54) is 6.08 Å². The highest BCUT2D eigenvalue weighted by atomic mass is 32.2. The van der Waals surface area contributed by atoms with Gasteiger partial charge in [-0.25, -0.2) is 0 Å². The fraction of sp³-hybridized carbons (Fsp3) is 0.818. The van der Waals surface area contributed by atoms with Crippen LogP contribution in [-0.4, -0.2) is 31.9 Å². The van der Waals surface area contributed by atoms with Crippen LogP contribution >= 0.6 is 0 Å². The molecule has 1 atom stereocenters. The van der Waals surface area contributed by atoms with E-state index in [1.54, 1.807) is 13.8 Å². The molecule has 1 heterocycles. The Balaban J connectivity index is 2.29. The highest BCUT2D eigenvalue weighted by Crippen LogP contribution is 2.44. The highest BCUT2D eigenvalue weighted by molar-refractivity contribution is 7.87. The van der Waals surface area contributed by atoms with Gasteiger partial charge < -0.3 is 13.7 Å². The predicted octanol–water partition coefficient (Wildman–Crippen LogP) is 2.44. The first-order valence-electron chi connectivity index (χ1n) is 6.03. The lowest BCUT2D eigenvalue weighted by atomic mass is 9.90. The van der Waals surface area contributed by atoms with Crippen LogP contribution in [0, 0.1) is 0 Å². The zero-order valence-corrected chi connectivity index (χ0v) is 11.8. The lowest BCUT2D eigenvalue weighted by molar-refractivity contribution is -0.161. The van der Waals surface area contributed by atoms with Crippen LogP contribution < -0.4 is 0 Å². The third-order valence-corrected chi connectivity index (χ3v) is 4.11. The van der Waals surface area contributed by atoms with Crippen LogP contribution in [0.5, 0.6) is 0 Å². The summed E-state index contributed by atoms with van der Waals surface area (Å²) < 4.78 is 74.7. The Bertz CT molecular complexity index is 523. The third kappa shape index (κ3) is 2.79. The maximum atomic E-state index is 12.4. The van der Waals surface area contributed by atoms with Gasteiger partial charge in [-0.1, -0.05) is 0 Å². The van der Waals surface area contributed by atoms with Crippen molar-refractivity contribution in [2.24, 2.45) is 0 Å². The van der Waals surface area contributed by atoms with Crippen molar-refractivity contribution in [2.75, 3.05) is 6.61 Å². The molecule has 0 radical (unpaired) electrons. The van der Waals surface area contributed by atoms with Crippen molar-refractivity contribution < 1.29 is 35.2 Å². The largest absolute Gasteiger partial charge is 0.534 e. The van der Waals surface area contributed by atoms with E-state index < -0.39 is 27.0 Å². The summed E-state index contributed by atoms with van der Waals surface area (Å²) in [7, 11) is -5.70. The van der Waals surface area contributed by atoms with Gasteiger partial charge in [-0.15, -0.1) is 0 Å². The van der Waals surface area contributed by atoms with E-state index in [9.17, 15) is 21.6 Å². The highest BCUT2D eigenvalue weighted by Gasteiger charge is 2.55. The van der Waals surface area contributed by atoms with Crippen molar-refractivity contribution in [3.05, 3.63) is 11.8 Å². The number of allylic oxidation sites excluding steroid dienone is 1. The number of hydrogen-bond acceptors (Lipinski definition) is 5. The first-order chi connectivity index (χ1) is 8.98. The van der Waals surface area contributed by atoms with Crippen LogP contribution in [0.2, 0.25) is 0 Å². The van der Waals surface area contributed by atoms with E-state index in [4.69, 9.17) is 9.47 Å². The molecule has 0 aromatic carbocycles. The minimum Gasteiger partial charge on any atom is -0.378 e. The minimum atomic E-state index is -5.70. The van der Waals surface area contributed by atoms with Crippen molar-refractivity contribution in [3.63, 3.8) is 0 Å². The predicted molar refractivity (Wildman–Crippen MR) is 61.8 cm³/mol. The second-order valence-electron chi connectivity index (χ2n) is 5.23. The van der Waals surface area contributed by atoms with Crippen LogP contribution in [0.25, 0.3) is 0 Å². The number of alkyl halides is 3. The van der Waals surface area contributed by atoms with Crippen LogP contribution in [0.3, 0.4) is 0 Å². The number of ether oxygens (including phenoxy) is 2. The fourth-order valence-electron chi connectivity index (χ4n) is 2.27. The van der Waals surface area contributed by atoms with Gasteiger partial charge in [0.2, 0.25) is 0 Å². The Labute approximate surface area is 114 Å². The number of halogens is 3. The third-order valence-electron chi connectivity index (χ3n) is 3.14. The minimum absolute atomic E-state index is 0.0424. The molecule has 0 saturated carbocycles. The van der Waals surface area contributed by atoms with Gasteiger partial charge in [0.05, 0.1) is 6.61 Å². The van der Waals surface area contributed by atoms with E-state index in [-0.39, 0.29) is 12.4 Å². The van der Waals surface area contributed by atoms with E-state index in [0.29, 0.717) is 19.3 Å². The van der Waals surface area contributed by atoms with Gasteiger partial charge in [-0.3, -0.25) is 0 Å². The zero-order valence-electron chi connectivity index (χ0n) is 11.0. The molecule has 9 heteroatoms. The van der Waals surface area contributed by atoms with Gasteiger partial charge in [-0.2, -0.15) is 21.6 Å². The molecule has 0 aromatic rings. The Morgan fingerprint density at radius 2 is 2.00 bits per heavy atom. The average molecular weight is 316 g/mol. The summed E-state index contributed by atoms with van der Waals surface area (Å²) in [6.07, 6.45) is 2.74. The van der Waals surface area contributed by atoms with Gasteiger partial charge in [0, 0.05) is 0 Å². The van der Waals surface area contributed by atoms with Crippen molar-refractivity contribution >= 4 is 10.1 Å². The van der Waals surface area contributed by atoms with Gasteiger partial charge in [-0.05, 0) is 39.2 Å². The van der Waals surface area contributed by atoms with Crippen LogP contribution in [-0.2, 0) is 23.8 Å². The molecule has 0 bridgehead atoms. The lowest BCUT2D eigenvalue weighted by Gasteiger charge is -2.33. The Morgan fingerprint density at radius 1 is 1.35 bits per heavy atom. The average Bonchev–Trinajstić information content (AvgIpc) is 2.57. The molecule has 0 unspecified atom stereocenters. The molecule has 0 aromatic heterocycles. The van der Waals surface area contributed by atoms with Crippen molar-refractivity contribution in [3.8, 4) is 0 Å². The quantitative estimate of drug-likeness (QED) is 0.578. The molecule has 0 amide bonds. The van der Waals surface area contributed by atoms with E-state index in [2.05, 4.69) is 4.18 Å². The Hall–Kier alpha value is -0.800. The maximum absolute atomic E-state index is 12.4. The van der Waals surface area contributed by atoms with E-state index >= 15 is 0 Å². The monoisotopic (exact) mass is 316 g/mol. The molecule has 5 nitrogen and oxygen atoms in total. The van der Waals surface area contributed by atoms with Crippen molar-refractivity contribution in [2.45, 2.75) is 50.0 Å². The molecular formula is C11H15F3O5S. The van der Waals surface area contributed by atoms with E-state index in [0.717, 1.165) is 0 Å². The Kier molecular flexibility index (Phi) is 3.59. The molecule has 1 spiro atoms. The summed E-state index contributed by atoms with van der Waals surface area (Å²) in [4.78, 5) is 0. The summed E-state index contributed by atoms with van der Waals surface area (Å²) in [6, 6.07) is 0. The molecule has 1 fully saturated rings. The summed E-state index contributed by atoms with van der Waals surface area (Å²) in [5.41, 5.74) is -6.73. The van der Waals surface area contributed by atoms with Crippen LogP contribution in [0.15, 0.2) is 11.8 Å². The van der Waals surface area contributed by atoms with Crippen LogP contribution in [0.4, 0.5) is 13.2 Å². The summed E-state index contributed by atoms with van der Waals surface area (Å²) in [5, 5.41) is 0. The molecule has 2 rings (SSSR count). The zero-order chi connectivity index (χ0) is 15.2. The molecule has 1 aliphatic heterocycles. The summed E-state index contributed by atoms with van der Waals surface area (Å²) >= 11 is 0. The maximum Gasteiger partial charge on any atom is 0.534 e. The fourth-order valence-corrected chi connectivity index (χ4v) is 2.82. The summed E-state index contributed by atoms with van der Waals surface area (Å²) in [5.74, 6) is -1.34. The molecule has 1 saturated heterocycles. The lowest BCUT2D eigenvalue weighted by Crippen LogP contribution is -2.41. The van der Waals surface area contributed by atoms with E-state index in [1.807, 2.05) is 0 Å². The molecular weight excluding hydrogens is 301 g/mol. The first-order valence-corrected chi connectivity index (χ1v) is 7.44. The molecule has 116 valence electrons. The Morgan fingerprint density at radius 3 is 2.50 bits per heavy atom. The van der Waals surface area contributed by atoms with Gasteiger partial charge in [0.15, 0.2) is 11.4 Å². The van der Waals surface area contributed by atoms with Crippen molar-refractivity contribution in [1.29, 1.82) is 0 Å². The number of rotatable bonds is 2. The first kappa shape index (κ1) is 15.6. The molecule has 1 aliphatic carbocycles. The SMILES string of the molecule is CC1(C)OC[C@]2(CCCC=C2OS(=O)(=O)C(F)(F)F)O1. The molecule has 20 heavy (non-hydrogen) atoms. The summed E-state index contributed by atoms with van der Waals surface area (Å²) in [6.45, 7) is 3.16. The second-order valence-corrected chi connectivity index (χ2v) is 6.77.